The van der Waals surface area contributed by atoms with Crippen molar-refractivity contribution in [2.45, 2.75) is 19.4 Å². The quantitative estimate of drug-likeness (QED) is 0.653. The van der Waals surface area contributed by atoms with Crippen LogP contribution in [-0.2, 0) is 9.53 Å². The molecule has 1 aromatic carbocycles. The Labute approximate surface area is 115 Å². The summed E-state index contributed by atoms with van der Waals surface area (Å²) in [5, 5.41) is 19.8. The molecule has 0 amide bonds. The van der Waals surface area contributed by atoms with Crippen LogP contribution in [0.3, 0.4) is 0 Å². The Bertz CT molecular complexity index is 543. The molecular weight excluding hydrogens is 266 g/mol. The maximum atomic E-state index is 11.8. The van der Waals surface area contributed by atoms with Gasteiger partial charge in [0.1, 0.15) is 16.5 Å². The van der Waals surface area contributed by atoms with Crippen LogP contribution in [0.2, 0.25) is 0 Å². The van der Waals surface area contributed by atoms with Crippen LogP contribution < -0.4 is 0 Å². The van der Waals surface area contributed by atoms with Gasteiger partial charge in [0.05, 0.1) is 12.2 Å². The fraction of sp³-hybridized carbons (Fsp3) is 0.385. The largest absolute Gasteiger partial charge is 0.508 e. The van der Waals surface area contributed by atoms with Crippen LogP contribution >= 0.6 is 11.8 Å². The normalized spacial score (nSPS) is 22.1. The van der Waals surface area contributed by atoms with E-state index >= 15 is 0 Å². The van der Waals surface area contributed by atoms with Crippen LogP contribution in [0, 0.1) is 0 Å². The van der Waals surface area contributed by atoms with E-state index in [2.05, 4.69) is 4.99 Å². The lowest BCUT2D eigenvalue weighted by Gasteiger charge is -2.16. The predicted octanol–water partition coefficient (Wildman–Crippen LogP) is 1.91. The summed E-state index contributed by atoms with van der Waals surface area (Å²) in [7, 11) is 0. The maximum Gasteiger partial charge on any atom is 0.334 e. The van der Waals surface area contributed by atoms with Gasteiger partial charge in [0, 0.05) is 5.75 Å². The molecule has 0 bridgehead atoms. The SMILES string of the molecule is CCOC(=O)[C@@]1(C)CSC(c2cc(O)ccc2O)=N1. The molecule has 102 valence electrons. The van der Waals surface area contributed by atoms with Gasteiger partial charge in [-0.25, -0.2) is 4.79 Å². The first kappa shape index (κ1) is 13.7. The van der Waals surface area contributed by atoms with Gasteiger partial charge >= 0.3 is 5.97 Å². The molecule has 0 aliphatic carbocycles. The molecule has 1 aromatic rings. The summed E-state index contributed by atoms with van der Waals surface area (Å²) < 4.78 is 5.00. The molecule has 19 heavy (non-hydrogen) atoms. The second-order valence-corrected chi connectivity index (χ2v) is 5.37. The zero-order valence-electron chi connectivity index (χ0n) is 10.7. The Hall–Kier alpha value is -1.69. The van der Waals surface area contributed by atoms with Crippen molar-refractivity contribution in [3.05, 3.63) is 23.8 Å². The van der Waals surface area contributed by atoms with Crippen LogP contribution in [0.5, 0.6) is 11.5 Å². The van der Waals surface area contributed by atoms with Crippen molar-refractivity contribution in [3.8, 4) is 11.5 Å². The molecule has 0 fully saturated rings. The maximum absolute atomic E-state index is 11.8. The summed E-state index contributed by atoms with van der Waals surface area (Å²) in [5.74, 6) is 0.145. The molecule has 0 saturated carbocycles. The molecule has 1 heterocycles. The minimum atomic E-state index is -0.937. The average molecular weight is 281 g/mol. The van der Waals surface area contributed by atoms with Gasteiger partial charge in [-0.1, -0.05) is 0 Å². The van der Waals surface area contributed by atoms with Crippen molar-refractivity contribution in [1.82, 2.24) is 0 Å². The van der Waals surface area contributed by atoms with Crippen molar-refractivity contribution >= 4 is 22.8 Å². The molecule has 2 N–H and O–H groups in total. The smallest absolute Gasteiger partial charge is 0.334 e. The number of esters is 1. The molecule has 0 saturated heterocycles. The van der Waals surface area contributed by atoms with Gasteiger partial charge in [0.2, 0.25) is 0 Å². The number of benzene rings is 1. The highest BCUT2D eigenvalue weighted by Crippen LogP contribution is 2.35. The zero-order valence-corrected chi connectivity index (χ0v) is 11.5. The zero-order chi connectivity index (χ0) is 14.0. The lowest BCUT2D eigenvalue weighted by Crippen LogP contribution is -2.35. The van der Waals surface area contributed by atoms with Crippen molar-refractivity contribution in [3.63, 3.8) is 0 Å². The molecule has 1 aliphatic rings. The Kier molecular flexibility index (Phi) is 3.71. The third kappa shape index (κ3) is 2.68. The van der Waals surface area contributed by atoms with E-state index in [0.717, 1.165) is 0 Å². The molecule has 0 unspecified atom stereocenters. The predicted molar refractivity (Wildman–Crippen MR) is 73.8 cm³/mol. The number of aromatic hydroxyl groups is 2. The number of carbonyl (C=O) groups excluding carboxylic acids is 1. The first-order chi connectivity index (χ1) is 8.96. The van der Waals surface area contributed by atoms with Crippen LogP contribution in [0.4, 0.5) is 0 Å². The molecule has 0 radical (unpaired) electrons. The monoisotopic (exact) mass is 281 g/mol. The molecule has 0 spiro atoms. The van der Waals surface area contributed by atoms with E-state index in [1.54, 1.807) is 13.8 Å². The highest BCUT2D eigenvalue weighted by atomic mass is 32.2. The molecule has 1 atom stereocenters. The lowest BCUT2D eigenvalue weighted by atomic mass is 10.1. The highest BCUT2D eigenvalue weighted by Gasteiger charge is 2.40. The van der Waals surface area contributed by atoms with Crippen LogP contribution in [0.25, 0.3) is 0 Å². The third-order valence-electron chi connectivity index (χ3n) is 2.76. The Morgan fingerprint density at radius 1 is 1.53 bits per heavy atom. The number of hydrogen-bond acceptors (Lipinski definition) is 6. The fourth-order valence-corrected chi connectivity index (χ4v) is 2.91. The van der Waals surface area contributed by atoms with Gasteiger partial charge in [0.15, 0.2) is 5.54 Å². The van der Waals surface area contributed by atoms with Gasteiger partial charge in [-0.05, 0) is 32.0 Å². The molecule has 0 aromatic heterocycles. The summed E-state index contributed by atoms with van der Waals surface area (Å²) >= 11 is 1.36. The number of hydrogen-bond donors (Lipinski definition) is 2. The van der Waals surface area contributed by atoms with E-state index in [4.69, 9.17) is 4.74 Å². The van der Waals surface area contributed by atoms with Gasteiger partial charge in [-0.15, -0.1) is 11.8 Å². The van der Waals surface area contributed by atoms with E-state index < -0.39 is 5.54 Å². The van der Waals surface area contributed by atoms with Crippen molar-refractivity contribution in [1.29, 1.82) is 0 Å². The number of rotatable bonds is 3. The fourth-order valence-electron chi connectivity index (χ4n) is 1.72. The second-order valence-electron chi connectivity index (χ2n) is 4.40. The first-order valence-corrected chi connectivity index (χ1v) is 6.87. The van der Waals surface area contributed by atoms with Gasteiger partial charge in [-0.3, -0.25) is 4.99 Å². The number of aliphatic imine (C=N–C) groups is 1. The standard InChI is InChI=1S/C13H15NO4S/c1-3-18-12(17)13(2)7-19-11(14-13)9-6-8(15)4-5-10(9)16/h4-6,15-16H,3,7H2,1-2H3/t13-/m1/s1. The average Bonchev–Trinajstić information content (AvgIpc) is 2.77. The number of phenols is 2. The van der Waals surface area contributed by atoms with Crippen LogP contribution in [0.1, 0.15) is 19.4 Å². The topological polar surface area (TPSA) is 79.1 Å². The van der Waals surface area contributed by atoms with Gasteiger partial charge in [0.25, 0.3) is 0 Å². The number of ether oxygens (including phenoxy) is 1. The number of carbonyl (C=O) groups is 1. The first-order valence-electron chi connectivity index (χ1n) is 5.88. The van der Waals surface area contributed by atoms with Crippen molar-refractivity contribution < 1.29 is 19.7 Å². The van der Waals surface area contributed by atoms with E-state index in [0.29, 0.717) is 23.0 Å². The molecule has 6 heteroatoms. The molecule has 1 aliphatic heterocycles. The van der Waals surface area contributed by atoms with E-state index in [1.807, 2.05) is 0 Å². The van der Waals surface area contributed by atoms with Gasteiger partial charge in [-0.2, -0.15) is 0 Å². The van der Waals surface area contributed by atoms with Crippen LogP contribution in [0.15, 0.2) is 23.2 Å². The third-order valence-corrected chi connectivity index (χ3v) is 4.06. The summed E-state index contributed by atoms with van der Waals surface area (Å²) in [6.45, 7) is 3.75. The second kappa shape index (κ2) is 5.13. The van der Waals surface area contributed by atoms with Crippen molar-refractivity contribution in [2.24, 2.45) is 4.99 Å². The Balaban J connectivity index is 2.32. The van der Waals surface area contributed by atoms with E-state index in [9.17, 15) is 15.0 Å². The van der Waals surface area contributed by atoms with Crippen molar-refractivity contribution in [2.75, 3.05) is 12.4 Å². The van der Waals surface area contributed by atoms with E-state index in [1.165, 1.54) is 30.0 Å². The minimum absolute atomic E-state index is 0.0251. The number of phenolic OH excluding ortho intramolecular Hbond substituents is 2. The molecule has 5 nitrogen and oxygen atoms in total. The summed E-state index contributed by atoms with van der Waals surface area (Å²) in [6, 6.07) is 4.22. The Morgan fingerprint density at radius 3 is 2.95 bits per heavy atom. The van der Waals surface area contributed by atoms with E-state index in [-0.39, 0.29) is 17.5 Å². The van der Waals surface area contributed by atoms with Gasteiger partial charge < -0.3 is 14.9 Å². The summed E-state index contributed by atoms with van der Waals surface area (Å²) in [6.07, 6.45) is 0. The minimum Gasteiger partial charge on any atom is -0.508 e. The lowest BCUT2D eigenvalue weighted by molar-refractivity contribution is -0.147. The molecular formula is C13H15NO4S. The number of thioether (sulfide) groups is 1. The van der Waals surface area contributed by atoms with Crippen LogP contribution in [-0.4, -0.2) is 39.1 Å². The summed E-state index contributed by atoms with van der Waals surface area (Å²) in [5.41, 5.74) is -0.508. The summed E-state index contributed by atoms with van der Waals surface area (Å²) in [4.78, 5) is 16.2. The highest BCUT2D eigenvalue weighted by molar-refractivity contribution is 8.14. The molecule has 2 rings (SSSR count). The Morgan fingerprint density at radius 2 is 2.26 bits per heavy atom. The number of nitrogens with zero attached hydrogens (tertiary/aromatic N) is 1.